The number of carbonyl (C=O) groups excluding carboxylic acids is 3. The third kappa shape index (κ3) is 7.17. The van der Waals surface area contributed by atoms with E-state index in [0.29, 0.717) is 5.69 Å². The molecule has 7 nitrogen and oxygen atoms in total. The van der Waals surface area contributed by atoms with Gasteiger partial charge in [-0.05, 0) is 49.8 Å². The average molecular weight is 433 g/mol. The summed E-state index contributed by atoms with van der Waals surface area (Å²) in [5.41, 5.74) is 7.77. The topological polar surface area (TPSA) is 99.3 Å². The van der Waals surface area contributed by atoms with Gasteiger partial charge in [0.1, 0.15) is 0 Å². The lowest BCUT2D eigenvalue weighted by atomic mass is 10.1. The number of nitrogens with one attached hydrogen (secondary N) is 4. The van der Waals surface area contributed by atoms with Crippen molar-refractivity contribution < 1.29 is 14.4 Å². The van der Waals surface area contributed by atoms with E-state index < -0.39 is 11.8 Å². The van der Waals surface area contributed by atoms with Crippen LogP contribution in [0.25, 0.3) is 0 Å². The highest BCUT2D eigenvalue weighted by Gasteiger charge is 2.12. The molecule has 0 aromatic heterocycles. The van der Waals surface area contributed by atoms with Gasteiger partial charge in [0, 0.05) is 18.5 Å². The van der Waals surface area contributed by atoms with E-state index in [1.807, 2.05) is 32.0 Å². The van der Waals surface area contributed by atoms with E-state index in [-0.39, 0.29) is 34.4 Å². The van der Waals surface area contributed by atoms with Crippen molar-refractivity contribution >= 4 is 52.3 Å². The van der Waals surface area contributed by atoms with Crippen LogP contribution in [0, 0.1) is 13.8 Å². The van der Waals surface area contributed by atoms with Crippen molar-refractivity contribution in [2.45, 2.75) is 26.7 Å². The van der Waals surface area contributed by atoms with Gasteiger partial charge in [-0.15, -0.1) is 0 Å². The summed E-state index contributed by atoms with van der Waals surface area (Å²) in [6, 6.07) is 12.2. The standard InChI is InChI=1S/C20H21ClN4O3S/c1-12-7-8-16(13(2)11-12)22-17(26)9-10-18(27)24-25-20(29)23-19(28)14-5-3-4-6-15(14)21/h3-8,11H,9-10H2,1-2H3,(H,22,26)(H,24,27)(H2,23,25,28,29). The van der Waals surface area contributed by atoms with Crippen molar-refractivity contribution in [2.75, 3.05) is 5.32 Å². The molecule has 0 bridgehead atoms. The summed E-state index contributed by atoms with van der Waals surface area (Å²) in [6.45, 7) is 3.87. The summed E-state index contributed by atoms with van der Waals surface area (Å²) in [6.07, 6.45) is -0.0512. The van der Waals surface area contributed by atoms with E-state index in [1.54, 1.807) is 24.3 Å². The van der Waals surface area contributed by atoms with Gasteiger partial charge in [0.25, 0.3) is 5.91 Å². The monoisotopic (exact) mass is 432 g/mol. The molecule has 0 aliphatic rings. The Morgan fingerprint density at radius 3 is 2.34 bits per heavy atom. The first-order valence-corrected chi connectivity index (χ1v) is 9.56. The third-order valence-corrected chi connectivity index (χ3v) is 4.43. The molecule has 29 heavy (non-hydrogen) atoms. The number of thiocarbonyl (C=S) groups is 1. The van der Waals surface area contributed by atoms with Crippen molar-refractivity contribution in [2.24, 2.45) is 0 Å². The Balaban J connectivity index is 1.72. The number of amides is 3. The molecule has 0 heterocycles. The molecule has 0 aliphatic heterocycles. The van der Waals surface area contributed by atoms with E-state index in [9.17, 15) is 14.4 Å². The predicted molar refractivity (Wildman–Crippen MR) is 117 cm³/mol. The fourth-order valence-corrected chi connectivity index (χ4v) is 2.79. The number of hydrazine groups is 1. The Morgan fingerprint density at radius 1 is 0.966 bits per heavy atom. The number of carbonyl (C=O) groups is 3. The number of rotatable bonds is 5. The summed E-state index contributed by atoms with van der Waals surface area (Å²) in [4.78, 5) is 36.0. The van der Waals surface area contributed by atoms with E-state index in [1.165, 1.54) is 0 Å². The Bertz CT molecular complexity index is 949. The molecular weight excluding hydrogens is 412 g/mol. The smallest absolute Gasteiger partial charge is 0.258 e. The largest absolute Gasteiger partial charge is 0.326 e. The summed E-state index contributed by atoms with van der Waals surface area (Å²) < 4.78 is 0. The average Bonchev–Trinajstić information content (AvgIpc) is 2.67. The summed E-state index contributed by atoms with van der Waals surface area (Å²) in [7, 11) is 0. The SMILES string of the molecule is Cc1ccc(NC(=O)CCC(=O)NNC(=S)NC(=O)c2ccccc2Cl)c(C)c1. The highest BCUT2D eigenvalue weighted by Crippen LogP contribution is 2.16. The summed E-state index contributed by atoms with van der Waals surface area (Å²) >= 11 is 10.9. The summed E-state index contributed by atoms with van der Waals surface area (Å²) in [5, 5.41) is 5.37. The van der Waals surface area contributed by atoms with Gasteiger partial charge in [0.2, 0.25) is 11.8 Å². The molecule has 2 rings (SSSR count). The molecule has 0 aliphatic carbocycles. The Morgan fingerprint density at radius 2 is 1.66 bits per heavy atom. The minimum absolute atomic E-state index is 0.000423. The van der Waals surface area contributed by atoms with Gasteiger partial charge in [0.15, 0.2) is 5.11 Å². The second-order valence-electron chi connectivity index (χ2n) is 6.30. The molecule has 3 amide bonds. The van der Waals surface area contributed by atoms with E-state index in [0.717, 1.165) is 11.1 Å². The first-order chi connectivity index (χ1) is 13.8. The van der Waals surface area contributed by atoms with Crippen LogP contribution in [0.4, 0.5) is 5.69 Å². The number of hydrogen-bond acceptors (Lipinski definition) is 4. The first kappa shape index (κ1) is 22.3. The number of hydrogen-bond donors (Lipinski definition) is 4. The lowest BCUT2D eigenvalue weighted by Gasteiger charge is -2.12. The third-order valence-electron chi connectivity index (χ3n) is 3.90. The highest BCUT2D eigenvalue weighted by atomic mass is 35.5. The number of aryl methyl sites for hydroxylation is 2. The molecule has 0 atom stereocenters. The van der Waals surface area contributed by atoms with Crippen molar-refractivity contribution in [3.8, 4) is 0 Å². The van der Waals surface area contributed by atoms with E-state index >= 15 is 0 Å². The fraction of sp³-hybridized carbons (Fsp3) is 0.200. The lowest BCUT2D eigenvalue weighted by Crippen LogP contribution is -2.48. The quantitative estimate of drug-likeness (QED) is 0.430. The van der Waals surface area contributed by atoms with Crippen LogP contribution in [-0.2, 0) is 9.59 Å². The van der Waals surface area contributed by atoms with Crippen molar-refractivity contribution in [1.29, 1.82) is 0 Å². The van der Waals surface area contributed by atoms with Crippen molar-refractivity contribution in [3.05, 3.63) is 64.2 Å². The fourth-order valence-electron chi connectivity index (χ4n) is 2.43. The van der Waals surface area contributed by atoms with Crippen LogP contribution in [0.3, 0.4) is 0 Å². The minimum Gasteiger partial charge on any atom is -0.326 e. The molecular formula is C20H21ClN4O3S. The van der Waals surface area contributed by atoms with Crippen LogP contribution >= 0.6 is 23.8 Å². The zero-order chi connectivity index (χ0) is 21.4. The van der Waals surface area contributed by atoms with Gasteiger partial charge < -0.3 is 5.32 Å². The molecule has 0 fully saturated rings. The second kappa shape index (κ2) is 10.5. The zero-order valence-corrected chi connectivity index (χ0v) is 17.5. The Labute approximate surface area is 179 Å². The molecule has 0 saturated carbocycles. The summed E-state index contributed by atoms with van der Waals surface area (Å²) in [5.74, 6) is -1.23. The van der Waals surface area contributed by atoms with E-state index in [4.69, 9.17) is 23.8 Å². The van der Waals surface area contributed by atoms with Gasteiger partial charge in [-0.1, -0.05) is 41.4 Å². The normalized spacial score (nSPS) is 10.0. The molecule has 2 aromatic carbocycles. The highest BCUT2D eigenvalue weighted by molar-refractivity contribution is 7.80. The maximum absolute atomic E-state index is 12.1. The van der Waals surface area contributed by atoms with Gasteiger partial charge in [-0.3, -0.25) is 30.6 Å². The van der Waals surface area contributed by atoms with Crippen LogP contribution in [0.5, 0.6) is 0 Å². The molecule has 9 heteroatoms. The number of halogens is 1. The minimum atomic E-state index is -0.504. The van der Waals surface area contributed by atoms with Gasteiger partial charge in [-0.2, -0.15) is 0 Å². The number of anilines is 1. The van der Waals surface area contributed by atoms with Gasteiger partial charge in [-0.25, -0.2) is 0 Å². The number of benzene rings is 2. The molecule has 152 valence electrons. The maximum Gasteiger partial charge on any atom is 0.258 e. The van der Waals surface area contributed by atoms with Crippen molar-refractivity contribution in [3.63, 3.8) is 0 Å². The van der Waals surface area contributed by atoms with E-state index in [2.05, 4.69) is 21.5 Å². The Kier molecular flexibility index (Phi) is 8.11. The molecule has 0 spiro atoms. The van der Waals surface area contributed by atoms with Gasteiger partial charge >= 0.3 is 0 Å². The predicted octanol–water partition coefficient (Wildman–Crippen LogP) is 3.01. The van der Waals surface area contributed by atoms with Crippen LogP contribution in [-0.4, -0.2) is 22.8 Å². The second-order valence-corrected chi connectivity index (χ2v) is 7.12. The maximum atomic E-state index is 12.1. The van der Waals surface area contributed by atoms with Gasteiger partial charge in [0.05, 0.1) is 10.6 Å². The van der Waals surface area contributed by atoms with Crippen LogP contribution in [0.1, 0.15) is 34.3 Å². The van der Waals surface area contributed by atoms with Crippen LogP contribution in [0.2, 0.25) is 5.02 Å². The van der Waals surface area contributed by atoms with Crippen LogP contribution in [0.15, 0.2) is 42.5 Å². The molecule has 0 radical (unpaired) electrons. The molecule has 0 saturated heterocycles. The molecule has 0 unspecified atom stereocenters. The molecule has 4 N–H and O–H groups in total. The zero-order valence-electron chi connectivity index (χ0n) is 16.0. The first-order valence-electron chi connectivity index (χ1n) is 8.78. The lowest BCUT2D eigenvalue weighted by molar-refractivity contribution is -0.124. The Hall–Kier alpha value is -2.97. The molecule has 2 aromatic rings. The van der Waals surface area contributed by atoms with Crippen molar-refractivity contribution in [1.82, 2.24) is 16.2 Å². The van der Waals surface area contributed by atoms with Crippen LogP contribution < -0.4 is 21.5 Å².